The van der Waals surface area contributed by atoms with Gasteiger partial charge in [0.25, 0.3) is 0 Å². The van der Waals surface area contributed by atoms with E-state index in [1.54, 1.807) is 0 Å². The van der Waals surface area contributed by atoms with E-state index < -0.39 is 0 Å². The van der Waals surface area contributed by atoms with E-state index >= 15 is 0 Å². The monoisotopic (exact) mass is 281 g/mol. The molecule has 0 unspecified atom stereocenters. The molecule has 2 heterocycles. The average molecular weight is 281 g/mol. The molecule has 3 heteroatoms. The fraction of sp³-hybridized carbons (Fsp3) is 1.00. The Kier molecular flexibility index (Phi) is 5.49. The van der Waals surface area contributed by atoms with Crippen molar-refractivity contribution in [1.29, 1.82) is 0 Å². The number of hydrogen-bond donors (Lipinski definition) is 0. The second-order valence-corrected chi connectivity index (χ2v) is 8.23. The van der Waals surface area contributed by atoms with Crippen LogP contribution in [0.15, 0.2) is 0 Å². The van der Waals surface area contributed by atoms with Gasteiger partial charge in [-0.25, -0.2) is 0 Å². The topological polar surface area (TPSA) is 9.72 Å². The number of piperazine rings is 1. The van der Waals surface area contributed by atoms with Gasteiger partial charge in [-0.2, -0.15) is 0 Å². The van der Waals surface area contributed by atoms with Crippen molar-refractivity contribution in [3.05, 3.63) is 0 Å². The Labute approximate surface area is 126 Å². The van der Waals surface area contributed by atoms with E-state index in [-0.39, 0.29) is 0 Å². The molecule has 0 bridgehead atoms. The van der Waals surface area contributed by atoms with Crippen LogP contribution in [-0.4, -0.2) is 72.6 Å². The van der Waals surface area contributed by atoms with Gasteiger partial charge < -0.3 is 4.90 Å². The van der Waals surface area contributed by atoms with Gasteiger partial charge >= 0.3 is 0 Å². The van der Waals surface area contributed by atoms with Crippen LogP contribution in [0.3, 0.4) is 0 Å². The summed E-state index contributed by atoms with van der Waals surface area (Å²) in [5, 5.41) is 0. The lowest BCUT2D eigenvalue weighted by Gasteiger charge is -2.44. The molecule has 118 valence electrons. The lowest BCUT2D eigenvalue weighted by molar-refractivity contribution is 0.0421. The van der Waals surface area contributed by atoms with E-state index in [1.807, 2.05) is 0 Å². The molecule has 0 N–H and O–H groups in total. The van der Waals surface area contributed by atoms with Crippen LogP contribution in [0.25, 0.3) is 0 Å². The first-order valence-electron chi connectivity index (χ1n) is 8.55. The van der Waals surface area contributed by atoms with Gasteiger partial charge in [-0.15, -0.1) is 0 Å². The summed E-state index contributed by atoms with van der Waals surface area (Å²) in [5.74, 6) is 0. The second kappa shape index (κ2) is 6.76. The minimum Gasteiger partial charge on any atom is -0.303 e. The average Bonchev–Trinajstić information content (AvgIpc) is 2.38. The van der Waals surface area contributed by atoms with Crippen LogP contribution < -0.4 is 0 Å². The first-order valence-corrected chi connectivity index (χ1v) is 8.55. The molecule has 2 rings (SSSR count). The summed E-state index contributed by atoms with van der Waals surface area (Å²) in [4.78, 5) is 8.04. The molecule has 0 radical (unpaired) electrons. The van der Waals surface area contributed by atoms with Crippen molar-refractivity contribution in [3.8, 4) is 0 Å². The third-order valence-corrected chi connectivity index (χ3v) is 4.85. The van der Waals surface area contributed by atoms with Crippen LogP contribution in [-0.2, 0) is 0 Å². The van der Waals surface area contributed by atoms with Crippen LogP contribution in [0.2, 0.25) is 0 Å². The summed E-state index contributed by atoms with van der Waals surface area (Å²) in [6.45, 7) is 20.6. The number of hydrogen-bond acceptors (Lipinski definition) is 3. The number of piperidine rings is 1. The normalized spacial score (nSPS) is 25.5. The molecule has 0 spiro atoms. The van der Waals surface area contributed by atoms with Crippen LogP contribution in [0, 0.1) is 5.41 Å². The Morgan fingerprint density at radius 3 is 1.90 bits per heavy atom. The van der Waals surface area contributed by atoms with Crippen molar-refractivity contribution in [2.75, 3.05) is 45.8 Å². The molecule has 0 atom stereocenters. The highest BCUT2D eigenvalue weighted by atomic mass is 15.3. The predicted octanol–water partition coefficient (Wildman–Crippen LogP) is 2.52. The summed E-state index contributed by atoms with van der Waals surface area (Å²) in [6, 6.07) is 1.56. The Balaban J connectivity index is 1.72. The van der Waals surface area contributed by atoms with Crippen molar-refractivity contribution in [3.63, 3.8) is 0 Å². The first kappa shape index (κ1) is 16.3. The minimum absolute atomic E-state index is 0.440. The molecule has 0 aromatic rings. The van der Waals surface area contributed by atoms with Crippen molar-refractivity contribution >= 4 is 0 Å². The van der Waals surface area contributed by atoms with E-state index in [4.69, 9.17) is 0 Å². The maximum Gasteiger partial charge on any atom is 0.0121 e. The third kappa shape index (κ3) is 4.71. The molecule has 0 aromatic heterocycles. The van der Waals surface area contributed by atoms with Gasteiger partial charge in [-0.1, -0.05) is 20.8 Å². The molecule has 0 saturated carbocycles. The van der Waals surface area contributed by atoms with Gasteiger partial charge in [0.2, 0.25) is 0 Å². The Hall–Kier alpha value is -0.120. The Bertz CT molecular complexity index is 279. The minimum atomic E-state index is 0.440. The fourth-order valence-corrected chi connectivity index (χ4v) is 3.73. The first-order chi connectivity index (χ1) is 9.35. The zero-order valence-electron chi connectivity index (χ0n) is 14.4. The van der Waals surface area contributed by atoms with Crippen LogP contribution in [0.5, 0.6) is 0 Å². The quantitative estimate of drug-likeness (QED) is 0.787. The van der Waals surface area contributed by atoms with Gasteiger partial charge in [0.15, 0.2) is 0 Å². The van der Waals surface area contributed by atoms with Crippen molar-refractivity contribution in [2.24, 2.45) is 5.41 Å². The largest absolute Gasteiger partial charge is 0.303 e. The maximum atomic E-state index is 2.76. The third-order valence-electron chi connectivity index (χ3n) is 4.85. The number of likely N-dealkylation sites (tertiary alicyclic amines) is 1. The van der Waals surface area contributed by atoms with Crippen LogP contribution >= 0.6 is 0 Å². The molecular formula is C17H35N3. The summed E-state index contributed by atoms with van der Waals surface area (Å²) in [5.41, 5.74) is 0.440. The van der Waals surface area contributed by atoms with Crippen molar-refractivity contribution in [2.45, 2.75) is 59.5 Å². The van der Waals surface area contributed by atoms with E-state index in [9.17, 15) is 0 Å². The molecule has 2 aliphatic heterocycles. The van der Waals surface area contributed by atoms with E-state index in [0.717, 1.165) is 6.04 Å². The summed E-state index contributed by atoms with van der Waals surface area (Å²) in [7, 11) is 0. The van der Waals surface area contributed by atoms with E-state index in [1.165, 1.54) is 58.7 Å². The SMILES string of the molecule is CC(C)N1CCN(C2CCN(CC(C)(C)C)CC2)CC1. The fourth-order valence-electron chi connectivity index (χ4n) is 3.73. The van der Waals surface area contributed by atoms with Gasteiger partial charge in [0, 0.05) is 44.8 Å². The standard InChI is InChI=1S/C17H35N3/c1-15(2)19-10-12-20(13-11-19)16-6-8-18(9-7-16)14-17(3,4)5/h15-16H,6-14H2,1-5H3. The molecule has 20 heavy (non-hydrogen) atoms. The highest BCUT2D eigenvalue weighted by Gasteiger charge is 2.29. The maximum absolute atomic E-state index is 2.76. The molecule has 0 aromatic carbocycles. The zero-order valence-corrected chi connectivity index (χ0v) is 14.4. The smallest absolute Gasteiger partial charge is 0.0121 e. The van der Waals surface area contributed by atoms with Gasteiger partial charge in [0.1, 0.15) is 0 Å². The predicted molar refractivity (Wildman–Crippen MR) is 87.2 cm³/mol. The lowest BCUT2D eigenvalue weighted by Crippen LogP contribution is -2.54. The van der Waals surface area contributed by atoms with Crippen molar-refractivity contribution < 1.29 is 0 Å². The van der Waals surface area contributed by atoms with E-state index in [0.29, 0.717) is 11.5 Å². The Morgan fingerprint density at radius 1 is 0.900 bits per heavy atom. The van der Waals surface area contributed by atoms with E-state index in [2.05, 4.69) is 49.3 Å². The molecule has 0 amide bonds. The molecule has 2 fully saturated rings. The zero-order chi connectivity index (χ0) is 14.8. The number of rotatable bonds is 3. The summed E-state index contributed by atoms with van der Waals surface area (Å²) in [6.07, 6.45) is 2.75. The summed E-state index contributed by atoms with van der Waals surface area (Å²) >= 11 is 0. The second-order valence-electron chi connectivity index (χ2n) is 8.23. The lowest BCUT2D eigenvalue weighted by atomic mass is 9.93. The van der Waals surface area contributed by atoms with Crippen LogP contribution in [0.1, 0.15) is 47.5 Å². The van der Waals surface area contributed by atoms with Crippen LogP contribution in [0.4, 0.5) is 0 Å². The summed E-state index contributed by atoms with van der Waals surface area (Å²) < 4.78 is 0. The van der Waals surface area contributed by atoms with Crippen molar-refractivity contribution in [1.82, 2.24) is 14.7 Å². The molecular weight excluding hydrogens is 246 g/mol. The molecule has 2 saturated heterocycles. The Morgan fingerprint density at radius 2 is 1.45 bits per heavy atom. The van der Waals surface area contributed by atoms with Gasteiger partial charge in [0.05, 0.1) is 0 Å². The molecule has 2 aliphatic rings. The number of nitrogens with zero attached hydrogens (tertiary/aromatic N) is 3. The van der Waals surface area contributed by atoms with Gasteiger partial charge in [-0.05, 0) is 45.2 Å². The highest BCUT2D eigenvalue weighted by molar-refractivity contribution is 4.85. The van der Waals surface area contributed by atoms with Gasteiger partial charge in [-0.3, -0.25) is 9.80 Å². The highest BCUT2D eigenvalue weighted by Crippen LogP contribution is 2.22. The molecule has 0 aliphatic carbocycles. The molecule has 3 nitrogen and oxygen atoms in total.